The Morgan fingerprint density at radius 3 is 2.71 bits per heavy atom. The molecule has 0 aliphatic heterocycles. The second kappa shape index (κ2) is 10.5. The highest BCUT2D eigenvalue weighted by atomic mass is 16.5. The summed E-state index contributed by atoms with van der Waals surface area (Å²) in [5, 5.41) is 12.2. The van der Waals surface area contributed by atoms with E-state index in [1.165, 1.54) is 6.07 Å². The lowest BCUT2D eigenvalue weighted by Crippen LogP contribution is -2.29. The Kier molecular flexibility index (Phi) is 8.04. The number of hydrogen-bond donors (Lipinski definition) is 2. The molecule has 0 atom stereocenters. The van der Waals surface area contributed by atoms with Gasteiger partial charge in [-0.3, -0.25) is 9.59 Å². The van der Waals surface area contributed by atoms with Crippen LogP contribution in [0.1, 0.15) is 50.2 Å². The lowest BCUT2D eigenvalue weighted by Gasteiger charge is -2.12. The number of hydrogen-bond acceptors (Lipinski definition) is 5. The van der Waals surface area contributed by atoms with Gasteiger partial charge in [-0.15, -0.1) is 0 Å². The molecule has 0 aliphatic rings. The summed E-state index contributed by atoms with van der Waals surface area (Å²) < 4.78 is 11.0. The molecule has 7 nitrogen and oxygen atoms in total. The second-order valence-corrected chi connectivity index (χ2v) is 6.75. The molecular formula is C21H27NO6. The summed E-state index contributed by atoms with van der Waals surface area (Å²) in [5.74, 6) is -0.555. The molecule has 1 aromatic heterocycles. The predicted molar refractivity (Wildman–Crippen MR) is 106 cm³/mol. The number of carbonyl (C=O) groups is 2. The standard InChI is InChI=1S/C21H27NO6/c1-3-7-15-12-20(26)28-21-14(2)17(10-9-16(15)21)27-13-18(23)22-11-6-4-5-8-19(24)25/h9-10,12H,3-8,11,13H2,1-2H3,(H,22,23)(H,24,25). The lowest BCUT2D eigenvalue weighted by atomic mass is 10.0. The fourth-order valence-electron chi connectivity index (χ4n) is 3.04. The lowest BCUT2D eigenvalue weighted by molar-refractivity contribution is -0.137. The molecule has 0 aliphatic carbocycles. The molecule has 0 saturated heterocycles. The fourth-order valence-corrected chi connectivity index (χ4v) is 3.04. The molecule has 1 aromatic carbocycles. The van der Waals surface area contributed by atoms with Gasteiger partial charge >= 0.3 is 11.6 Å². The smallest absolute Gasteiger partial charge is 0.336 e. The molecule has 2 N–H and O–H groups in total. The van der Waals surface area contributed by atoms with E-state index in [1.54, 1.807) is 13.0 Å². The van der Waals surface area contributed by atoms with Gasteiger partial charge in [0.1, 0.15) is 11.3 Å². The number of unbranched alkanes of at least 4 members (excludes halogenated alkanes) is 2. The van der Waals surface area contributed by atoms with Gasteiger partial charge in [-0.2, -0.15) is 0 Å². The number of fused-ring (bicyclic) bond motifs is 1. The Morgan fingerprint density at radius 2 is 2.00 bits per heavy atom. The van der Waals surface area contributed by atoms with Crippen molar-refractivity contribution in [1.82, 2.24) is 5.32 Å². The molecule has 2 rings (SSSR count). The number of ether oxygens (including phenoxy) is 1. The molecule has 152 valence electrons. The van der Waals surface area contributed by atoms with Crippen LogP contribution in [0.4, 0.5) is 0 Å². The summed E-state index contributed by atoms with van der Waals surface area (Å²) in [5.41, 5.74) is 1.74. The highest BCUT2D eigenvalue weighted by Gasteiger charge is 2.12. The molecule has 0 spiro atoms. The Balaban J connectivity index is 1.92. The fraction of sp³-hybridized carbons (Fsp3) is 0.476. The minimum absolute atomic E-state index is 0.139. The normalized spacial score (nSPS) is 10.8. The van der Waals surface area contributed by atoms with E-state index in [-0.39, 0.29) is 18.9 Å². The first kappa shape index (κ1) is 21.5. The van der Waals surface area contributed by atoms with Gasteiger partial charge in [0.25, 0.3) is 5.91 Å². The van der Waals surface area contributed by atoms with Crippen molar-refractivity contribution in [2.45, 2.75) is 52.4 Å². The first-order valence-electron chi connectivity index (χ1n) is 9.60. The van der Waals surface area contributed by atoms with Crippen LogP contribution in [0.2, 0.25) is 0 Å². The van der Waals surface area contributed by atoms with E-state index in [2.05, 4.69) is 12.2 Å². The summed E-state index contributed by atoms with van der Waals surface area (Å²) in [6, 6.07) is 5.16. The van der Waals surface area contributed by atoms with Crippen LogP contribution in [-0.2, 0) is 16.0 Å². The van der Waals surface area contributed by atoms with Crippen LogP contribution in [0.15, 0.2) is 27.4 Å². The maximum absolute atomic E-state index is 11.9. The number of carboxylic acids is 1. The van der Waals surface area contributed by atoms with Gasteiger partial charge in [0, 0.05) is 30.0 Å². The van der Waals surface area contributed by atoms with Gasteiger partial charge in [0.05, 0.1) is 0 Å². The maximum atomic E-state index is 11.9. The molecule has 0 saturated carbocycles. The van der Waals surface area contributed by atoms with E-state index in [1.807, 2.05) is 6.07 Å². The summed E-state index contributed by atoms with van der Waals surface area (Å²) in [4.78, 5) is 34.2. The zero-order chi connectivity index (χ0) is 20.5. The van der Waals surface area contributed by atoms with Crippen molar-refractivity contribution in [2.75, 3.05) is 13.2 Å². The van der Waals surface area contributed by atoms with E-state index < -0.39 is 11.6 Å². The number of rotatable bonds is 11. The highest BCUT2D eigenvalue weighted by molar-refractivity contribution is 5.85. The molecule has 1 amide bonds. The van der Waals surface area contributed by atoms with Gasteiger partial charge in [0.2, 0.25) is 0 Å². The van der Waals surface area contributed by atoms with E-state index in [0.717, 1.165) is 36.6 Å². The number of nitrogens with one attached hydrogen (secondary N) is 1. The average molecular weight is 389 g/mol. The monoisotopic (exact) mass is 389 g/mol. The SMILES string of the molecule is CCCc1cc(=O)oc2c(C)c(OCC(=O)NCCCCCC(=O)O)ccc12. The summed E-state index contributed by atoms with van der Waals surface area (Å²) in [6.07, 6.45) is 3.93. The van der Waals surface area contributed by atoms with Crippen LogP contribution < -0.4 is 15.7 Å². The van der Waals surface area contributed by atoms with Gasteiger partial charge in [-0.1, -0.05) is 19.8 Å². The third-order valence-corrected chi connectivity index (χ3v) is 4.46. The number of amides is 1. The largest absolute Gasteiger partial charge is 0.483 e. The minimum Gasteiger partial charge on any atom is -0.483 e. The van der Waals surface area contributed by atoms with Crippen molar-refractivity contribution in [3.63, 3.8) is 0 Å². The van der Waals surface area contributed by atoms with Crippen molar-refractivity contribution in [2.24, 2.45) is 0 Å². The third-order valence-electron chi connectivity index (χ3n) is 4.46. The second-order valence-electron chi connectivity index (χ2n) is 6.75. The minimum atomic E-state index is -0.805. The Morgan fingerprint density at radius 1 is 1.21 bits per heavy atom. The topological polar surface area (TPSA) is 106 Å². The van der Waals surface area contributed by atoms with E-state index >= 15 is 0 Å². The van der Waals surface area contributed by atoms with E-state index in [4.69, 9.17) is 14.3 Å². The van der Waals surface area contributed by atoms with Gasteiger partial charge in [0.15, 0.2) is 6.61 Å². The summed E-state index contributed by atoms with van der Waals surface area (Å²) in [6.45, 7) is 4.19. The number of aliphatic carboxylic acids is 1. The van der Waals surface area contributed by atoms with Crippen LogP contribution in [0.5, 0.6) is 5.75 Å². The van der Waals surface area contributed by atoms with Crippen molar-refractivity contribution in [3.05, 3.63) is 39.7 Å². The number of aryl methyl sites for hydroxylation is 2. The van der Waals surface area contributed by atoms with Crippen molar-refractivity contribution < 1.29 is 23.8 Å². The van der Waals surface area contributed by atoms with Crippen LogP contribution in [0.25, 0.3) is 11.0 Å². The van der Waals surface area contributed by atoms with Gasteiger partial charge in [-0.05, 0) is 43.9 Å². The first-order chi connectivity index (χ1) is 13.4. The Hall–Kier alpha value is -2.83. The van der Waals surface area contributed by atoms with Crippen LogP contribution >= 0.6 is 0 Å². The molecule has 0 unspecified atom stereocenters. The highest BCUT2D eigenvalue weighted by Crippen LogP contribution is 2.28. The molecular weight excluding hydrogens is 362 g/mol. The molecule has 0 radical (unpaired) electrons. The van der Waals surface area contributed by atoms with Crippen LogP contribution in [-0.4, -0.2) is 30.1 Å². The third kappa shape index (κ3) is 6.11. The van der Waals surface area contributed by atoms with E-state index in [9.17, 15) is 14.4 Å². The number of carbonyl (C=O) groups excluding carboxylic acids is 1. The van der Waals surface area contributed by atoms with Crippen molar-refractivity contribution >= 4 is 22.8 Å². The summed E-state index contributed by atoms with van der Waals surface area (Å²) in [7, 11) is 0. The first-order valence-corrected chi connectivity index (χ1v) is 9.60. The molecule has 0 bridgehead atoms. The predicted octanol–water partition coefficient (Wildman–Crippen LogP) is 3.19. The average Bonchev–Trinajstić information content (AvgIpc) is 2.64. The van der Waals surface area contributed by atoms with Crippen molar-refractivity contribution in [3.8, 4) is 5.75 Å². The van der Waals surface area contributed by atoms with Crippen molar-refractivity contribution in [1.29, 1.82) is 0 Å². The number of carboxylic acid groups (broad SMARTS) is 1. The Labute approximate surface area is 163 Å². The molecule has 0 fully saturated rings. The van der Waals surface area contributed by atoms with E-state index in [0.29, 0.717) is 29.9 Å². The molecule has 28 heavy (non-hydrogen) atoms. The van der Waals surface area contributed by atoms with Gasteiger partial charge in [-0.25, -0.2) is 4.79 Å². The number of benzene rings is 1. The Bertz CT molecular complexity index is 886. The zero-order valence-electron chi connectivity index (χ0n) is 16.4. The maximum Gasteiger partial charge on any atom is 0.336 e. The molecule has 7 heteroatoms. The zero-order valence-corrected chi connectivity index (χ0v) is 16.4. The van der Waals surface area contributed by atoms with Crippen LogP contribution in [0.3, 0.4) is 0 Å². The molecule has 2 aromatic rings. The molecule has 1 heterocycles. The summed E-state index contributed by atoms with van der Waals surface area (Å²) >= 11 is 0. The van der Waals surface area contributed by atoms with Crippen LogP contribution in [0, 0.1) is 6.92 Å². The van der Waals surface area contributed by atoms with Gasteiger partial charge < -0.3 is 19.6 Å². The quantitative estimate of drug-likeness (QED) is 0.452.